The van der Waals surface area contributed by atoms with Crippen LogP contribution < -0.4 is 10.6 Å². The number of fused-ring (bicyclic) bond motifs is 2. The van der Waals surface area contributed by atoms with Crippen LogP contribution in [0, 0.1) is 0 Å². The summed E-state index contributed by atoms with van der Waals surface area (Å²) >= 11 is 0. The Morgan fingerprint density at radius 2 is 1.72 bits per heavy atom. The molecule has 0 saturated carbocycles. The van der Waals surface area contributed by atoms with Gasteiger partial charge in [-0.3, -0.25) is 4.79 Å². The maximum Gasteiger partial charge on any atom is 0.337 e. The number of piperidine rings is 1. The summed E-state index contributed by atoms with van der Waals surface area (Å²) in [5.41, 5.74) is 0.644. The van der Waals surface area contributed by atoms with Gasteiger partial charge in [-0.05, 0) is 43.4 Å². The van der Waals surface area contributed by atoms with Crippen molar-refractivity contribution >= 4 is 28.2 Å². The normalized spacial score (nSPS) is 25.5. The van der Waals surface area contributed by atoms with Crippen molar-refractivity contribution in [3.05, 3.63) is 35.4 Å². The molecule has 2 heterocycles. The Hall–Kier alpha value is -1.25. The van der Waals surface area contributed by atoms with Crippen LogP contribution in [0.15, 0.2) is 24.3 Å². The van der Waals surface area contributed by atoms with E-state index in [1.165, 1.54) is 24.3 Å². The molecule has 2 unspecified atom stereocenters. The van der Waals surface area contributed by atoms with E-state index in [9.17, 15) is 22.0 Å². The second kappa shape index (κ2) is 7.97. The third kappa shape index (κ3) is 4.89. The molecule has 25 heavy (non-hydrogen) atoms. The summed E-state index contributed by atoms with van der Waals surface area (Å²) < 4.78 is 47.2. The highest BCUT2D eigenvalue weighted by molar-refractivity contribution is 7.90. The lowest BCUT2D eigenvalue weighted by Crippen LogP contribution is -2.48. The van der Waals surface area contributed by atoms with Crippen molar-refractivity contribution in [3.8, 4) is 0 Å². The quantitative estimate of drug-likeness (QED) is 0.803. The molecule has 2 atom stereocenters. The van der Waals surface area contributed by atoms with Gasteiger partial charge < -0.3 is 10.6 Å². The molecule has 2 aliphatic rings. The first-order valence-corrected chi connectivity index (χ1v) is 9.70. The van der Waals surface area contributed by atoms with Gasteiger partial charge in [0.15, 0.2) is 0 Å². The maximum atomic E-state index is 12.4. The van der Waals surface area contributed by atoms with E-state index < -0.39 is 21.3 Å². The average Bonchev–Trinajstić information content (AvgIpc) is 2.86. The zero-order valence-electron chi connectivity index (χ0n) is 13.5. The van der Waals surface area contributed by atoms with Crippen molar-refractivity contribution in [2.24, 2.45) is 0 Å². The number of hydrogen-bond donors (Lipinski definition) is 2. The van der Waals surface area contributed by atoms with Gasteiger partial charge in [0.1, 0.15) is 0 Å². The van der Waals surface area contributed by atoms with Crippen molar-refractivity contribution in [1.82, 2.24) is 10.6 Å². The monoisotopic (exact) mass is 394 g/mol. The van der Waals surface area contributed by atoms with E-state index in [-0.39, 0.29) is 29.9 Å². The number of hydrogen-bond acceptors (Lipinski definition) is 4. The molecule has 0 radical (unpaired) electrons. The standard InChI is InChI=1S/C16H20F2N2O3S.ClH/c17-16(18)24(22,23)9-10-1-3-11(4-2-10)15(21)20-14-7-12-5-6-13(8-14)19-12;/h1-4,12-14,16,19H,5-9H2,(H,20,21);1H. The van der Waals surface area contributed by atoms with Gasteiger partial charge in [0.05, 0.1) is 5.75 Å². The fraction of sp³-hybridized carbons (Fsp3) is 0.562. The van der Waals surface area contributed by atoms with Crippen LogP contribution in [-0.4, -0.2) is 38.2 Å². The fourth-order valence-electron chi connectivity index (χ4n) is 3.49. The van der Waals surface area contributed by atoms with Crippen LogP contribution in [0.2, 0.25) is 0 Å². The highest BCUT2D eigenvalue weighted by Gasteiger charge is 2.34. The van der Waals surface area contributed by atoms with Gasteiger partial charge >= 0.3 is 5.76 Å². The smallest absolute Gasteiger partial charge is 0.337 e. The number of carbonyl (C=O) groups excluding carboxylic acids is 1. The van der Waals surface area contributed by atoms with Crippen molar-refractivity contribution in [3.63, 3.8) is 0 Å². The van der Waals surface area contributed by atoms with Gasteiger partial charge in [0.25, 0.3) is 5.91 Å². The first kappa shape index (κ1) is 20.1. The van der Waals surface area contributed by atoms with Gasteiger partial charge in [0.2, 0.25) is 9.84 Å². The molecule has 2 bridgehead atoms. The largest absolute Gasteiger partial charge is 0.349 e. The van der Waals surface area contributed by atoms with Crippen molar-refractivity contribution in [2.75, 3.05) is 0 Å². The van der Waals surface area contributed by atoms with Gasteiger partial charge in [-0.1, -0.05) is 12.1 Å². The molecule has 1 amide bonds. The predicted octanol–water partition coefficient (Wildman–Crippen LogP) is 2.26. The molecule has 0 aliphatic carbocycles. The molecule has 0 aromatic heterocycles. The highest BCUT2D eigenvalue weighted by atomic mass is 35.5. The van der Waals surface area contributed by atoms with Crippen LogP contribution in [0.3, 0.4) is 0 Å². The second-order valence-corrected chi connectivity index (χ2v) is 8.52. The topological polar surface area (TPSA) is 75.3 Å². The molecular weight excluding hydrogens is 374 g/mol. The molecule has 140 valence electrons. The molecule has 1 aromatic rings. The van der Waals surface area contributed by atoms with Gasteiger partial charge in [-0.2, -0.15) is 8.78 Å². The molecule has 0 spiro atoms. The summed E-state index contributed by atoms with van der Waals surface area (Å²) in [5, 5.41) is 6.51. The number of rotatable bonds is 5. The first-order valence-electron chi connectivity index (χ1n) is 7.99. The lowest BCUT2D eigenvalue weighted by Gasteiger charge is -2.29. The summed E-state index contributed by atoms with van der Waals surface area (Å²) in [6.07, 6.45) is 4.11. The minimum Gasteiger partial charge on any atom is -0.349 e. The van der Waals surface area contributed by atoms with Gasteiger partial charge in [-0.15, -0.1) is 12.4 Å². The third-order valence-corrected chi connectivity index (χ3v) is 5.94. The van der Waals surface area contributed by atoms with E-state index in [1.807, 2.05) is 0 Å². The molecule has 2 saturated heterocycles. The highest BCUT2D eigenvalue weighted by Crippen LogP contribution is 2.27. The minimum atomic E-state index is -4.45. The van der Waals surface area contributed by atoms with E-state index in [2.05, 4.69) is 10.6 Å². The van der Waals surface area contributed by atoms with Crippen molar-refractivity contribution in [2.45, 2.75) is 55.3 Å². The lowest BCUT2D eigenvalue weighted by atomic mass is 9.99. The van der Waals surface area contributed by atoms with E-state index in [1.54, 1.807) is 0 Å². The molecule has 2 fully saturated rings. The second-order valence-electron chi connectivity index (χ2n) is 6.54. The first-order chi connectivity index (χ1) is 11.3. The molecule has 2 N–H and O–H groups in total. The Kier molecular flexibility index (Phi) is 6.40. The number of alkyl halides is 2. The number of benzene rings is 1. The summed E-state index contributed by atoms with van der Waals surface area (Å²) in [5.74, 6) is -4.34. The summed E-state index contributed by atoms with van der Waals surface area (Å²) in [4.78, 5) is 12.3. The predicted molar refractivity (Wildman–Crippen MR) is 92.8 cm³/mol. The number of nitrogens with one attached hydrogen (secondary N) is 2. The van der Waals surface area contributed by atoms with E-state index in [4.69, 9.17) is 0 Å². The average molecular weight is 395 g/mol. The number of halogens is 3. The van der Waals surface area contributed by atoms with E-state index in [0.29, 0.717) is 17.6 Å². The van der Waals surface area contributed by atoms with Gasteiger partial charge in [0, 0.05) is 23.7 Å². The van der Waals surface area contributed by atoms with Crippen LogP contribution in [0.5, 0.6) is 0 Å². The van der Waals surface area contributed by atoms with Crippen LogP contribution in [0.4, 0.5) is 8.78 Å². The van der Waals surface area contributed by atoms with Gasteiger partial charge in [-0.25, -0.2) is 8.42 Å². The Bertz CT molecular complexity index is 701. The zero-order valence-corrected chi connectivity index (χ0v) is 15.1. The molecule has 1 aromatic carbocycles. The SMILES string of the molecule is Cl.O=C(NC1CC2CCC(C1)N2)c1ccc(CS(=O)(=O)C(F)F)cc1. The maximum absolute atomic E-state index is 12.4. The molecule has 3 rings (SSSR count). The summed E-state index contributed by atoms with van der Waals surface area (Å²) in [7, 11) is -4.45. The molecule has 5 nitrogen and oxygen atoms in total. The molecule has 2 aliphatic heterocycles. The molecular formula is C16H21ClF2N2O3S. The van der Waals surface area contributed by atoms with Crippen LogP contribution in [0.25, 0.3) is 0 Å². The summed E-state index contributed by atoms with van der Waals surface area (Å²) in [6, 6.07) is 6.83. The van der Waals surface area contributed by atoms with Crippen molar-refractivity contribution < 1.29 is 22.0 Å². The van der Waals surface area contributed by atoms with Crippen LogP contribution in [-0.2, 0) is 15.6 Å². The minimum absolute atomic E-state index is 0. The Balaban J connectivity index is 0.00000225. The van der Waals surface area contributed by atoms with E-state index in [0.717, 1.165) is 25.7 Å². The fourth-order valence-corrected chi connectivity index (χ4v) is 4.27. The number of amides is 1. The third-order valence-electron chi connectivity index (χ3n) is 4.66. The Labute approximate surface area is 151 Å². The lowest BCUT2D eigenvalue weighted by molar-refractivity contribution is 0.0924. The summed E-state index contributed by atoms with van der Waals surface area (Å²) in [6.45, 7) is 0. The zero-order chi connectivity index (χ0) is 17.3. The Morgan fingerprint density at radius 1 is 1.16 bits per heavy atom. The number of carbonyl (C=O) groups is 1. The molecule has 9 heteroatoms. The van der Waals surface area contributed by atoms with Crippen LogP contribution in [0.1, 0.15) is 41.6 Å². The Morgan fingerprint density at radius 3 is 2.24 bits per heavy atom. The number of sulfone groups is 1. The van der Waals surface area contributed by atoms with Crippen molar-refractivity contribution in [1.29, 1.82) is 0 Å². The van der Waals surface area contributed by atoms with Crippen LogP contribution >= 0.6 is 12.4 Å². The van der Waals surface area contributed by atoms with E-state index >= 15 is 0 Å².